The molecule has 1 aliphatic rings. The van der Waals surface area contributed by atoms with Crippen LogP contribution in [0.5, 0.6) is 0 Å². The molecule has 1 aliphatic carbocycles. The van der Waals surface area contributed by atoms with Gasteiger partial charge in [0, 0.05) is 0 Å². The third kappa shape index (κ3) is 1.40. The first-order chi connectivity index (χ1) is 3.89. The molecule has 0 aliphatic heterocycles. The van der Waals surface area contributed by atoms with Gasteiger partial charge in [0.2, 0.25) is 0 Å². The van der Waals surface area contributed by atoms with Crippen LogP contribution in [0.1, 0.15) is 13.3 Å². The lowest BCUT2D eigenvalue weighted by molar-refractivity contribution is 0.747. The molecule has 0 aromatic rings. The first kappa shape index (κ1) is 5.40. The molecule has 8 heavy (non-hydrogen) atoms. The van der Waals surface area contributed by atoms with Gasteiger partial charge in [-0.2, -0.15) is 0 Å². The van der Waals surface area contributed by atoms with Gasteiger partial charge in [-0.1, -0.05) is 19.1 Å². The molecule has 1 atom stereocenters. The molecule has 0 N–H and O–H groups in total. The van der Waals surface area contributed by atoms with E-state index in [2.05, 4.69) is 24.8 Å². The van der Waals surface area contributed by atoms with E-state index in [-0.39, 0.29) is 0 Å². The molecule has 0 heterocycles. The van der Waals surface area contributed by atoms with Crippen LogP contribution in [0.3, 0.4) is 0 Å². The average Bonchev–Trinajstić information content (AvgIpc) is 1.94. The molecule has 42 valence electrons. The van der Waals surface area contributed by atoms with Gasteiger partial charge in [0.1, 0.15) is 0 Å². The summed E-state index contributed by atoms with van der Waals surface area (Å²) in [6.07, 6.45) is 9.39. The van der Waals surface area contributed by atoms with Crippen molar-refractivity contribution in [1.82, 2.24) is 0 Å². The fourth-order valence-corrected chi connectivity index (χ4v) is 0.701. The molecule has 0 amide bonds. The van der Waals surface area contributed by atoms with Gasteiger partial charge in [0.05, 0.1) is 0 Å². The van der Waals surface area contributed by atoms with Crippen molar-refractivity contribution in [2.45, 2.75) is 13.3 Å². The maximum atomic E-state index is 3.04. The largest absolute Gasteiger partial charge is 0.125 e. The zero-order valence-corrected chi connectivity index (χ0v) is 5.09. The Morgan fingerprint density at radius 2 is 2.50 bits per heavy atom. The fourth-order valence-electron chi connectivity index (χ4n) is 0.701. The normalized spacial score (nSPS) is 25.9. The third-order valence-corrected chi connectivity index (χ3v) is 1.24. The van der Waals surface area contributed by atoms with Crippen molar-refractivity contribution in [2.75, 3.05) is 0 Å². The van der Waals surface area contributed by atoms with E-state index in [0.717, 1.165) is 6.42 Å². The molecular weight excluding hydrogens is 96.1 g/mol. The number of rotatable bonds is 0. The first-order valence-electron chi connectivity index (χ1n) is 2.97. The van der Waals surface area contributed by atoms with Crippen molar-refractivity contribution in [3.63, 3.8) is 0 Å². The monoisotopic (exact) mass is 106 g/mol. The van der Waals surface area contributed by atoms with E-state index in [1.54, 1.807) is 0 Å². The Morgan fingerprint density at radius 3 is 3.38 bits per heavy atom. The van der Waals surface area contributed by atoms with Gasteiger partial charge < -0.3 is 0 Å². The lowest BCUT2D eigenvalue weighted by Crippen LogP contribution is -1.82. The van der Waals surface area contributed by atoms with Crippen molar-refractivity contribution in [3.8, 4) is 0 Å². The molecule has 0 aromatic heterocycles. The number of hydrogen-bond acceptors (Lipinski definition) is 0. The van der Waals surface area contributed by atoms with E-state index in [9.17, 15) is 0 Å². The van der Waals surface area contributed by atoms with Gasteiger partial charge in [-0.05, 0) is 24.5 Å². The van der Waals surface area contributed by atoms with Crippen molar-refractivity contribution >= 4 is 0 Å². The van der Waals surface area contributed by atoms with Crippen molar-refractivity contribution in [2.24, 2.45) is 5.92 Å². The predicted octanol–water partition coefficient (Wildman–Crippen LogP) is 2.29. The highest BCUT2D eigenvalue weighted by atomic mass is 14.0. The maximum absolute atomic E-state index is 3.04. The molecule has 0 bridgehead atoms. The average molecular weight is 106 g/mol. The molecule has 0 saturated heterocycles. The fraction of sp³-hybridized carbons (Fsp3) is 0.375. The molecule has 0 radical (unpaired) electrons. The summed E-state index contributed by atoms with van der Waals surface area (Å²) in [6, 6.07) is 0. The Hall–Kier alpha value is -0.740. The van der Waals surface area contributed by atoms with Gasteiger partial charge in [-0.3, -0.25) is 0 Å². The molecule has 0 fully saturated rings. The van der Waals surface area contributed by atoms with Gasteiger partial charge in [-0.25, -0.2) is 0 Å². The zero-order valence-electron chi connectivity index (χ0n) is 5.09. The zero-order chi connectivity index (χ0) is 5.82. The van der Waals surface area contributed by atoms with E-state index in [4.69, 9.17) is 0 Å². The summed E-state index contributed by atoms with van der Waals surface area (Å²) in [5.41, 5.74) is 3.04. The van der Waals surface area contributed by atoms with Crippen LogP contribution in [0, 0.1) is 5.92 Å². The van der Waals surface area contributed by atoms with Crippen LogP contribution in [0.15, 0.2) is 30.0 Å². The second-order valence-corrected chi connectivity index (χ2v) is 2.14. The van der Waals surface area contributed by atoms with Crippen LogP contribution in [-0.4, -0.2) is 0 Å². The highest BCUT2D eigenvalue weighted by Crippen LogP contribution is 2.05. The molecular formula is C8H10. The molecule has 0 saturated carbocycles. The van der Waals surface area contributed by atoms with Gasteiger partial charge in [0.25, 0.3) is 0 Å². The molecule has 1 rings (SSSR count). The van der Waals surface area contributed by atoms with Crippen molar-refractivity contribution in [1.29, 1.82) is 0 Å². The summed E-state index contributed by atoms with van der Waals surface area (Å²) in [5.74, 6) is 0.696. The summed E-state index contributed by atoms with van der Waals surface area (Å²) in [6.45, 7) is 2.20. The minimum atomic E-state index is 0.696. The predicted molar refractivity (Wildman–Crippen MR) is 35.6 cm³/mol. The summed E-state index contributed by atoms with van der Waals surface area (Å²) < 4.78 is 0. The van der Waals surface area contributed by atoms with E-state index in [0.29, 0.717) is 5.92 Å². The summed E-state index contributed by atoms with van der Waals surface area (Å²) >= 11 is 0. The second-order valence-electron chi connectivity index (χ2n) is 2.14. The van der Waals surface area contributed by atoms with Gasteiger partial charge >= 0.3 is 0 Å². The van der Waals surface area contributed by atoms with E-state index < -0.39 is 0 Å². The standard InChI is InChI=1S/C8H10/c1-8-6-4-2-3-5-7-8/h2,4-6,8H,7H2,1H3/t8-/m1/s1. The summed E-state index contributed by atoms with van der Waals surface area (Å²) in [5, 5.41) is 0. The lowest BCUT2D eigenvalue weighted by Gasteiger charge is -1.95. The van der Waals surface area contributed by atoms with Gasteiger partial charge in [0.15, 0.2) is 0 Å². The van der Waals surface area contributed by atoms with E-state index in [1.807, 2.05) is 12.2 Å². The van der Waals surface area contributed by atoms with E-state index >= 15 is 0 Å². The molecule has 0 nitrogen and oxygen atoms in total. The summed E-state index contributed by atoms with van der Waals surface area (Å²) in [7, 11) is 0. The Labute approximate surface area is 50.2 Å². The minimum Gasteiger partial charge on any atom is -0.125 e. The molecule has 0 aromatic carbocycles. The Kier molecular flexibility index (Phi) is 1.71. The van der Waals surface area contributed by atoms with Crippen molar-refractivity contribution < 1.29 is 0 Å². The topological polar surface area (TPSA) is 0 Å². The quantitative estimate of drug-likeness (QED) is 0.416. The SMILES string of the molecule is C[C@@H]1C=CC=C=CC1. The Balaban J connectivity index is 2.66. The number of allylic oxidation sites excluding steroid dienone is 3. The van der Waals surface area contributed by atoms with Crippen molar-refractivity contribution in [3.05, 3.63) is 30.0 Å². The first-order valence-corrected chi connectivity index (χ1v) is 2.97. The van der Waals surface area contributed by atoms with Crippen LogP contribution in [0.25, 0.3) is 0 Å². The smallest absolute Gasteiger partial charge is 0.0206 e. The highest BCUT2D eigenvalue weighted by molar-refractivity contribution is 5.07. The molecule has 0 spiro atoms. The van der Waals surface area contributed by atoms with Crippen LogP contribution in [-0.2, 0) is 0 Å². The van der Waals surface area contributed by atoms with Gasteiger partial charge in [-0.15, -0.1) is 5.73 Å². The number of hydrogen-bond donors (Lipinski definition) is 0. The van der Waals surface area contributed by atoms with Crippen LogP contribution >= 0.6 is 0 Å². The van der Waals surface area contributed by atoms with Crippen LogP contribution in [0.2, 0.25) is 0 Å². The Morgan fingerprint density at radius 1 is 1.62 bits per heavy atom. The minimum absolute atomic E-state index is 0.696. The Bertz CT molecular complexity index is 145. The summed E-state index contributed by atoms with van der Waals surface area (Å²) in [4.78, 5) is 0. The maximum Gasteiger partial charge on any atom is -0.0206 e. The third-order valence-electron chi connectivity index (χ3n) is 1.24. The van der Waals surface area contributed by atoms with Crippen LogP contribution in [0.4, 0.5) is 0 Å². The molecule has 0 unspecified atom stereocenters. The molecule has 0 heteroatoms. The van der Waals surface area contributed by atoms with Crippen LogP contribution < -0.4 is 0 Å². The second kappa shape index (κ2) is 2.54. The lowest BCUT2D eigenvalue weighted by atomic mass is 10.1. The van der Waals surface area contributed by atoms with E-state index in [1.165, 1.54) is 0 Å². The highest BCUT2D eigenvalue weighted by Gasteiger charge is 1.91.